The monoisotopic (exact) mass is 878 g/mol. The van der Waals surface area contributed by atoms with Crippen molar-refractivity contribution in [1.82, 2.24) is 0 Å². The molecule has 12 heteroatoms. The van der Waals surface area contributed by atoms with Crippen LogP contribution < -0.4 is 28.9 Å². The Morgan fingerprint density at radius 3 is 2.17 bits per heavy atom. The lowest BCUT2D eigenvalue weighted by molar-refractivity contribution is -0.119. The van der Waals surface area contributed by atoms with Gasteiger partial charge >= 0.3 is 0 Å². The van der Waals surface area contributed by atoms with E-state index in [-0.39, 0.29) is 54.2 Å². The summed E-state index contributed by atoms with van der Waals surface area (Å²) in [6.07, 6.45) is 7.31. The molecule has 3 amide bonds. The minimum Gasteiger partial charge on any atom is -0.493 e. The lowest BCUT2D eigenvalue weighted by Gasteiger charge is -2.32. The van der Waals surface area contributed by atoms with Crippen LogP contribution in [0.5, 0.6) is 17.2 Å². The van der Waals surface area contributed by atoms with Gasteiger partial charge in [-0.05, 0) is 128 Å². The Morgan fingerprint density at radius 2 is 1.47 bits per heavy atom. The van der Waals surface area contributed by atoms with Gasteiger partial charge in [-0.25, -0.2) is 0 Å². The summed E-state index contributed by atoms with van der Waals surface area (Å²) in [5, 5.41) is 0. The number of para-hydroxylation sites is 2. The maximum Gasteiger partial charge on any atom is 0.261 e. The van der Waals surface area contributed by atoms with Crippen LogP contribution in [0.1, 0.15) is 80.8 Å². The normalized spacial score (nSPS) is 17.1. The smallest absolute Gasteiger partial charge is 0.261 e. The summed E-state index contributed by atoms with van der Waals surface area (Å²) in [6.45, 7) is 7.34. The Hall–Kier alpha value is -6.11. The molecule has 64 heavy (non-hydrogen) atoms. The number of amides is 3. The van der Waals surface area contributed by atoms with E-state index in [0.29, 0.717) is 48.1 Å². The Bertz CT molecular complexity index is 2680. The second-order valence-electron chi connectivity index (χ2n) is 17.6. The van der Waals surface area contributed by atoms with E-state index in [1.165, 1.54) is 5.56 Å². The molecule has 11 nitrogen and oxygen atoms in total. The van der Waals surface area contributed by atoms with E-state index in [9.17, 15) is 14.4 Å². The summed E-state index contributed by atoms with van der Waals surface area (Å²) in [7, 11) is 3.16. The van der Waals surface area contributed by atoms with Gasteiger partial charge in [-0.15, -0.1) is 0 Å². The minimum atomic E-state index is -0.246. The van der Waals surface area contributed by atoms with Gasteiger partial charge in [0.25, 0.3) is 11.8 Å². The third-order valence-corrected chi connectivity index (χ3v) is 14.1. The molecule has 0 spiro atoms. The molecule has 0 fully saturated rings. The summed E-state index contributed by atoms with van der Waals surface area (Å²) >= 11 is 1.70. The van der Waals surface area contributed by atoms with E-state index in [4.69, 9.17) is 23.9 Å². The first-order valence-corrected chi connectivity index (χ1v) is 23.1. The molecule has 0 aliphatic carbocycles. The van der Waals surface area contributed by atoms with Crippen LogP contribution in [0, 0.1) is 6.92 Å². The fourth-order valence-corrected chi connectivity index (χ4v) is 9.64. The lowest BCUT2D eigenvalue weighted by Crippen LogP contribution is -2.41. The Kier molecular flexibility index (Phi) is 12.0. The van der Waals surface area contributed by atoms with Gasteiger partial charge in [0.1, 0.15) is 19.0 Å². The van der Waals surface area contributed by atoms with Gasteiger partial charge in [0.05, 0.1) is 37.4 Å². The molecule has 0 N–H and O–H groups in total. The predicted octanol–water partition coefficient (Wildman–Crippen LogP) is 9.48. The number of carbonyl (C=O) groups is 3. The summed E-state index contributed by atoms with van der Waals surface area (Å²) in [4.78, 5) is 52.5. The molecule has 9 rings (SSSR count). The first kappa shape index (κ1) is 43.2. The summed E-state index contributed by atoms with van der Waals surface area (Å²) in [6, 6.07) is 29.6. The molecule has 0 radical (unpaired) electrons. The second kappa shape index (κ2) is 17.8. The van der Waals surface area contributed by atoms with E-state index >= 15 is 0 Å². The second-order valence-corrected chi connectivity index (χ2v) is 19.1. The van der Waals surface area contributed by atoms with Crippen molar-refractivity contribution in [2.75, 3.05) is 48.3 Å². The fourth-order valence-electron chi connectivity index (χ4n) is 9.38. The van der Waals surface area contributed by atoms with Crippen LogP contribution in [0.15, 0.2) is 96.0 Å². The average Bonchev–Trinajstić information content (AvgIpc) is 3.80. The molecule has 0 unspecified atom stereocenters. The molecule has 0 aromatic heterocycles. The van der Waals surface area contributed by atoms with Crippen LogP contribution in [0.3, 0.4) is 0 Å². The molecule has 0 saturated heterocycles. The largest absolute Gasteiger partial charge is 0.493 e. The van der Waals surface area contributed by atoms with Crippen LogP contribution >= 0.6 is 11.8 Å². The number of thioether (sulfide) groups is 1. The van der Waals surface area contributed by atoms with Crippen LogP contribution in [0.25, 0.3) is 0 Å². The minimum absolute atomic E-state index is 0.0384. The van der Waals surface area contributed by atoms with Crippen molar-refractivity contribution >= 4 is 58.4 Å². The number of hydrogen-bond acceptors (Lipinski definition) is 9. The Labute approximate surface area is 379 Å². The number of aliphatic imine (C=N–C) groups is 1. The number of ether oxygens (including phenoxy) is 4. The SMILES string of the molecule is COCCC(=O)N(CC(C)(C)SC)c1cc(COc2cc3c(cc2C)C(=O)N2c4ccccc4C[C@H]2CC3)cc(COc2cc3c(cc2OC)C(=O)N2c4ccccc4C[C@H]2C=N3)c1. The fraction of sp³-hybridized carbons (Fsp3) is 0.346. The number of anilines is 3. The Balaban J connectivity index is 1.01. The van der Waals surface area contributed by atoms with Gasteiger partial charge in [-0.2, -0.15) is 11.8 Å². The zero-order valence-corrected chi connectivity index (χ0v) is 38.1. The quantitative estimate of drug-likeness (QED) is 0.109. The maximum atomic E-state index is 14.1. The van der Waals surface area contributed by atoms with Crippen molar-refractivity contribution < 1.29 is 33.3 Å². The number of carbonyl (C=O) groups excluding carboxylic acids is 3. The number of nitrogens with zero attached hydrogens (tertiary/aromatic N) is 4. The molecule has 330 valence electrons. The maximum absolute atomic E-state index is 14.1. The Morgan fingerprint density at radius 1 is 0.797 bits per heavy atom. The third kappa shape index (κ3) is 8.36. The molecule has 4 aliphatic heterocycles. The zero-order valence-electron chi connectivity index (χ0n) is 37.3. The third-order valence-electron chi connectivity index (χ3n) is 12.8. The van der Waals surface area contributed by atoms with E-state index < -0.39 is 0 Å². The van der Waals surface area contributed by atoms with Crippen LogP contribution in [-0.2, 0) is 42.0 Å². The summed E-state index contributed by atoms with van der Waals surface area (Å²) < 4.78 is 24.1. The first-order valence-electron chi connectivity index (χ1n) is 21.9. The van der Waals surface area contributed by atoms with Gasteiger partial charge in [0.15, 0.2) is 11.5 Å². The predicted molar refractivity (Wildman–Crippen MR) is 254 cm³/mol. The van der Waals surface area contributed by atoms with Crippen molar-refractivity contribution in [2.45, 2.75) is 82.9 Å². The molecule has 4 aliphatic rings. The van der Waals surface area contributed by atoms with Crippen molar-refractivity contribution in [3.8, 4) is 17.2 Å². The standard InChI is InChI=1S/C52H54N4O7S/c1-32-19-41-35(15-16-38-23-36-11-7-9-13-44(36)55(38)50(41)58)25-46(32)62-29-33-20-34(22-39(21-33)54(31-52(2,3)64-6)49(57)17-18-60-4)30-63-48-27-43-42(26-47(48)61-5)51(59)56-40(28-53-43)24-37-12-8-10-14-45(37)56/h7-14,19-22,25-28,38,40H,15-18,23-24,29-31H2,1-6H3/t38-,40+/m1/s1. The number of methoxy groups -OCH3 is 2. The van der Waals surface area contributed by atoms with E-state index in [0.717, 1.165) is 69.7 Å². The number of fused-ring (bicyclic) bond motifs is 8. The first-order chi connectivity index (χ1) is 30.9. The van der Waals surface area contributed by atoms with E-state index in [1.807, 2.05) is 94.6 Å². The molecule has 5 aromatic rings. The van der Waals surface area contributed by atoms with Gasteiger partial charge in [-0.1, -0.05) is 36.4 Å². The molecule has 0 saturated carbocycles. The highest BCUT2D eigenvalue weighted by Crippen LogP contribution is 2.42. The van der Waals surface area contributed by atoms with Gasteiger partial charge < -0.3 is 28.7 Å². The number of hydrogen-bond donors (Lipinski definition) is 0. The molecule has 4 heterocycles. The molecular weight excluding hydrogens is 825 g/mol. The van der Waals surface area contributed by atoms with Gasteiger partial charge in [0, 0.05) is 65.8 Å². The van der Waals surface area contributed by atoms with Gasteiger partial charge in [0.2, 0.25) is 5.91 Å². The van der Waals surface area contributed by atoms with Crippen molar-refractivity contribution in [3.05, 3.63) is 136 Å². The van der Waals surface area contributed by atoms with Crippen molar-refractivity contribution in [1.29, 1.82) is 0 Å². The van der Waals surface area contributed by atoms with Crippen LogP contribution in [-0.4, -0.2) is 74.4 Å². The molecular formula is C52H54N4O7S. The summed E-state index contributed by atoms with van der Waals surface area (Å²) in [5.74, 6) is 1.40. The van der Waals surface area contributed by atoms with E-state index in [2.05, 4.69) is 32.2 Å². The zero-order chi connectivity index (χ0) is 44.7. The van der Waals surface area contributed by atoms with Crippen molar-refractivity contribution in [3.63, 3.8) is 0 Å². The number of benzene rings is 5. The molecule has 2 atom stereocenters. The number of rotatable bonds is 14. The van der Waals surface area contributed by atoms with Crippen LogP contribution in [0.2, 0.25) is 0 Å². The lowest BCUT2D eigenvalue weighted by atomic mass is 9.98. The van der Waals surface area contributed by atoms with Gasteiger partial charge in [-0.3, -0.25) is 24.3 Å². The topological polar surface area (TPSA) is 110 Å². The highest BCUT2D eigenvalue weighted by molar-refractivity contribution is 7.99. The van der Waals surface area contributed by atoms with Crippen molar-refractivity contribution in [2.24, 2.45) is 4.99 Å². The highest BCUT2D eigenvalue weighted by atomic mass is 32.2. The average molecular weight is 879 g/mol. The molecule has 0 bridgehead atoms. The summed E-state index contributed by atoms with van der Waals surface area (Å²) in [5.41, 5.74) is 10.1. The van der Waals surface area contributed by atoms with E-state index in [1.54, 1.807) is 38.1 Å². The van der Waals surface area contributed by atoms with Crippen LogP contribution in [0.4, 0.5) is 22.7 Å². The number of aryl methyl sites for hydroxylation is 2. The highest BCUT2D eigenvalue weighted by Gasteiger charge is 2.38. The molecule has 5 aromatic carbocycles.